The summed E-state index contributed by atoms with van der Waals surface area (Å²) in [5, 5.41) is 11.5. The van der Waals surface area contributed by atoms with Gasteiger partial charge in [-0.05, 0) is 26.0 Å². The maximum atomic E-state index is 12.1. The zero-order valence-electron chi connectivity index (χ0n) is 14.7. The number of para-hydroxylation sites is 1. The quantitative estimate of drug-likeness (QED) is 0.719. The van der Waals surface area contributed by atoms with E-state index in [1.165, 1.54) is 6.33 Å². The molecular weight excluding hydrogens is 316 g/mol. The summed E-state index contributed by atoms with van der Waals surface area (Å²) in [5.74, 6) is 0.742. The van der Waals surface area contributed by atoms with Gasteiger partial charge in [-0.3, -0.25) is 9.48 Å². The first-order chi connectivity index (χ1) is 12.1. The van der Waals surface area contributed by atoms with E-state index in [9.17, 15) is 4.79 Å². The average Bonchev–Trinajstić information content (AvgIpc) is 2.85. The lowest BCUT2D eigenvalue weighted by Gasteiger charge is -2.09. The second-order valence-corrected chi connectivity index (χ2v) is 5.97. The van der Waals surface area contributed by atoms with Crippen LogP contribution in [0.3, 0.4) is 0 Å². The highest BCUT2D eigenvalue weighted by atomic mass is 16.1. The van der Waals surface area contributed by atoms with Gasteiger partial charge in [0.1, 0.15) is 12.1 Å². The first kappa shape index (κ1) is 16.9. The summed E-state index contributed by atoms with van der Waals surface area (Å²) in [6, 6.07) is 7.79. The smallest absolute Gasteiger partial charge is 0.222 e. The second kappa shape index (κ2) is 7.29. The number of hydrogen-bond acceptors (Lipinski definition) is 5. The molecule has 2 N–H and O–H groups in total. The van der Waals surface area contributed by atoms with Gasteiger partial charge in [0.25, 0.3) is 0 Å². The highest BCUT2D eigenvalue weighted by Gasteiger charge is 2.10. The molecule has 0 aliphatic carbocycles. The Hall–Kier alpha value is -2.96. The van der Waals surface area contributed by atoms with Gasteiger partial charge in [0, 0.05) is 43.2 Å². The van der Waals surface area contributed by atoms with Crippen molar-refractivity contribution in [2.45, 2.75) is 26.8 Å². The van der Waals surface area contributed by atoms with Gasteiger partial charge in [0.05, 0.1) is 11.2 Å². The van der Waals surface area contributed by atoms with Gasteiger partial charge in [-0.15, -0.1) is 0 Å². The van der Waals surface area contributed by atoms with Crippen LogP contribution in [0, 0.1) is 13.8 Å². The molecule has 0 saturated carbocycles. The molecule has 7 heteroatoms. The zero-order chi connectivity index (χ0) is 17.8. The highest BCUT2D eigenvalue weighted by Crippen LogP contribution is 2.18. The van der Waals surface area contributed by atoms with E-state index in [1.807, 2.05) is 49.8 Å². The predicted molar refractivity (Wildman–Crippen MR) is 97.2 cm³/mol. The first-order valence-electron chi connectivity index (χ1n) is 8.25. The molecule has 7 nitrogen and oxygen atoms in total. The number of nitrogens with one attached hydrogen (secondary N) is 2. The van der Waals surface area contributed by atoms with Crippen LogP contribution in [-0.4, -0.2) is 32.2 Å². The van der Waals surface area contributed by atoms with Crippen molar-refractivity contribution in [3.8, 4) is 0 Å². The largest absolute Gasteiger partial charge is 0.369 e. The fourth-order valence-electron chi connectivity index (χ4n) is 2.79. The monoisotopic (exact) mass is 338 g/mol. The summed E-state index contributed by atoms with van der Waals surface area (Å²) >= 11 is 0. The van der Waals surface area contributed by atoms with Gasteiger partial charge in [-0.2, -0.15) is 5.10 Å². The first-order valence-corrected chi connectivity index (χ1v) is 8.25. The molecule has 0 atom stereocenters. The second-order valence-electron chi connectivity index (χ2n) is 5.97. The van der Waals surface area contributed by atoms with E-state index in [0.717, 1.165) is 33.7 Å². The van der Waals surface area contributed by atoms with Crippen LogP contribution in [0.5, 0.6) is 0 Å². The number of aromatic nitrogens is 4. The van der Waals surface area contributed by atoms with Gasteiger partial charge in [0.15, 0.2) is 0 Å². The van der Waals surface area contributed by atoms with Crippen LogP contribution in [0.4, 0.5) is 5.82 Å². The van der Waals surface area contributed by atoms with Crippen molar-refractivity contribution in [2.24, 2.45) is 7.05 Å². The van der Waals surface area contributed by atoms with E-state index < -0.39 is 0 Å². The van der Waals surface area contributed by atoms with Crippen LogP contribution >= 0.6 is 0 Å². The molecule has 2 aromatic heterocycles. The minimum absolute atomic E-state index is 0.00600. The van der Waals surface area contributed by atoms with E-state index in [1.54, 1.807) is 0 Å². The predicted octanol–water partition coefficient (Wildman–Crippen LogP) is 2.10. The average molecular weight is 338 g/mol. The number of carbonyl (C=O) groups is 1. The van der Waals surface area contributed by atoms with E-state index in [0.29, 0.717) is 19.5 Å². The third-order valence-electron chi connectivity index (χ3n) is 4.31. The van der Waals surface area contributed by atoms with Crippen molar-refractivity contribution in [2.75, 3.05) is 11.9 Å². The number of nitrogens with zero attached hydrogens (tertiary/aromatic N) is 4. The number of hydrogen-bond donors (Lipinski definition) is 2. The summed E-state index contributed by atoms with van der Waals surface area (Å²) in [7, 11) is 1.91. The van der Waals surface area contributed by atoms with Crippen LogP contribution in [0.25, 0.3) is 10.9 Å². The van der Waals surface area contributed by atoms with Crippen molar-refractivity contribution in [1.29, 1.82) is 0 Å². The molecule has 3 aromatic rings. The number of anilines is 1. The Morgan fingerprint density at radius 3 is 2.76 bits per heavy atom. The van der Waals surface area contributed by atoms with Gasteiger partial charge < -0.3 is 10.6 Å². The molecule has 0 bridgehead atoms. The molecule has 130 valence electrons. The number of carbonyl (C=O) groups excluding carboxylic acids is 1. The van der Waals surface area contributed by atoms with Crippen LogP contribution in [-0.2, 0) is 18.4 Å². The molecule has 0 saturated heterocycles. The fraction of sp³-hybridized carbons (Fsp3) is 0.333. The maximum absolute atomic E-state index is 12.1. The fourth-order valence-corrected chi connectivity index (χ4v) is 2.79. The summed E-state index contributed by atoms with van der Waals surface area (Å²) < 4.78 is 1.83. The standard InChI is InChI=1S/C18H22N6O/c1-12-15(13(2)24(3)23-12)10-20-17(25)8-9-19-18-14-6-4-5-7-16(14)21-11-22-18/h4-7,11H,8-10H2,1-3H3,(H,20,25)(H,19,21,22). The summed E-state index contributed by atoms with van der Waals surface area (Å²) in [4.78, 5) is 20.6. The number of aryl methyl sites for hydroxylation is 2. The minimum atomic E-state index is -0.00600. The molecular formula is C18H22N6O. The SMILES string of the molecule is Cc1nn(C)c(C)c1CNC(=O)CCNc1ncnc2ccccc12. The van der Waals surface area contributed by atoms with Crippen molar-refractivity contribution in [1.82, 2.24) is 25.1 Å². The van der Waals surface area contributed by atoms with Crippen molar-refractivity contribution in [3.63, 3.8) is 0 Å². The molecule has 1 aromatic carbocycles. The lowest BCUT2D eigenvalue weighted by atomic mass is 10.2. The van der Waals surface area contributed by atoms with E-state index >= 15 is 0 Å². The van der Waals surface area contributed by atoms with E-state index in [4.69, 9.17) is 0 Å². The van der Waals surface area contributed by atoms with Crippen LogP contribution in [0.1, 0.15) is 23.4 Å². The van der Waals surface area contributed by atoms with Gasteiger partial charge in [0.2, 0.25) is 5.91 Å². The van der Waals surface area contributed by atoms with E-state index in [2.05, 4.69) is 25.7 Å². The third-order valence-corrected chi connectivity index (χ3v) is 4.31. The molecule has 0 fully saturated rings. The Morgan fingerprint density at radius 2 is 2.00 bits per heavy atom. The zero-order valence-corrected chi connectivity index (χ0v) is 14.7. The number of benzene rings is 1. The van der Waals surface area contributed by atoms with Crippen molar-refractivity contribution < 1.29 is 4.79 Å². The lowest BCUT2D eigenvalue weighted by molar-refractivity contribution is -0.121. The molecule has 0 unspecified atom stereocenters. The Balaban J connectivity index is 1.52. The summed E-state index contributed by atoms with van der Waals surface area (Å²) in [6.45, 7) is 4.97. The molecule has 0 aliphatic rings. The Kier molecular flexibility index (Phi) is 4.92. The number of fused-ring (bicyclic) bond motifs is 1. The third kappa shape index (κ3) is 3.76. The van der Waals surface area contributed by atoms with E-state index in [-0.39, 0.29) is 5.91 Å². The number of amides is 1. The van der Waals surface area contributed by atoms with Gasteiger partial charge >= 0.3 is 0 Å². The topological polar surface area (TPSA) is 84.7 Å². The molecule has 25 heavy (non-hydrogen) atoms. The van der Waals surface area contributed by atoms with Crippen LogP contribution in [0.2, 0.25) is 0 Å². The Labute approximate surface area is 146 Å². The van der Waals surface area contributed by atoms with Crippen LogP contribution < -0.4 is 10.6 Å². The van der Waals surface area contributed by atoms with Crippen molar-refractivity contribution >= 4 is 22.6 Å². The summed E-state index contributed by atoms with van der Waals surface area (Å²) in [6.07, 6.45) is 1.90. The summed E-state index contributed by atoms with van der Waals surface area (Å²) in [5.41, 5.74) is 3.98. The normalized spacial score (nSPS) is 10.8. The maximum Gasteiger partial charge on any atom is 0.222 e. The minimum Gasteiger partial charge on any atom is -0.369 e. The molecule has 0 spiro atoms. The molecule has 1 amide bonds. The molecule has 0 radical (unpaired) electrons. The molecule has 0 aliphatic heterocycles. The number of rotatable bonds is 6. The molecule has 3 rings (SSSR count). The lowest BCUT2D eigenvalue weighted by Crippen LogP contribution is -2.25. The van der Waals surface area contributed by atoms with Crippen LogP contribution in [0.15, 0.2) is 30.6 Å². The van der Waals surface area contributed by atoms with Crippen molar-refractivity contribution in [3.05, 3.63) is 47.5 Å². The van der Waals surface area contributed by atoms with Gasteiger partial charge in [-0.1, -0.05) is 12.1 Å². The highest BCUT2D eigenvalue weighted by molar-refractivity contribution is 5.88. The Morgan fingerprint density at radius 1 is 1.20 bits per heavy atom. The van der Waals surface area contributed by atoms with Gasteiger partial charge in [-0.25, -0.2) is 9.97 Å². The molecule has 2 heterocycles. The Bertz CT molecular complexity index is 896.